The van der Waals surface area contributed by atoms with Crippen molar-refractivity contribution in [2.45, 2.75) is 49.5 Å². The molecule has 1 heterocycles. The number of nitrogens with zero attached hydrogens (tertiary/aromatic N) is 3. The molecule has 0 bridgehead atoms. The van der Waals surface area contributed by atoms with Crippen LogP contribution in [0.25, 0.3) is 6.08 Å². The largest absolute Gasteiger partial charge is 0.312 e. The molecule has 188 valence electrons. The third-order valence-corrected chi connectivity index (χ3v) is 7.89. The van der Waals surface area contributed by atoms with Crippen LogP contribution in [0.3, 0.4) is 0 Å². The van der Waals surface area contributed by atoms with Crippen LogP contribution in [-0.4, -0.2) is 42.9 Å². The van der Waals surface area contributed by atoms with E-state index >= 15 is 0 Å². The number of hydrogen-bond acceptors (Lipinski definition) is 5. The van der Waals surface area contributed by atoms with Gasteiger partial charge < -0.3 is 4.90 Å². The van der Waals surface area contributed by atoms with Gasteiger partial charge in [0.15, 0.2) is 0 Å². The van der Waals surface area contributed by atoms with Gasteiger partial charge in [-0.1, -0.05) is 37.8 Å². The number of amides is 1. The maximum Gasteiger partial charge on any atom is 0.263 e. The molecule has 36 heavy (non-hydrogen) atoms. The number of carbonyl (C=O) groups excluding carboxylic acids is 2. The van der Waals surface area contributed by atoms with Crippen LogP contribution in [-0.2, 0) is 14.8 Å². The van der Waals surface area contributed by atoms with Gasteiger partial charge in [0.05, 0.1) is 4.90 Å². The first-order valence-electron chi connectivity index (χ1n) is 12.0. The van der Waals surface area contributed by atoms with E-state index in [1.54, 1.807) is 61.9 Å². The summed E-state index contributed by atoms with van der Waals surface area (Å²) in [5.41, 5.74) is 1.86. The number of imidazole rings is 1. The van der Waals surface area contributed by atoms with Gasteiger partial charge in [-0.25, -0.2) is 18.1 Å². The van der Waals surface area contributed by atoms with Crippen LogP contribution in [0.15, 0.2) is 78.2 Å². The summed E-state index contributed by atoms with van der Waals surface area (Å²) in [4.78, 5) is 30.5. The van der Waals surface area contributed by atoms with E-state index in [1.807, 2.05) is 0 Å². The van der Waals surface area contributed by atoms with Crippen molar-refractivity contribution >= 4 is 33.6 Å². The Hall–Kier alpha value is -3.56. The average Bonchev–Trinajstić information content (AvgIpc) is 3.32. The maximum atomic E-state index is 12.8. The Morgan fingerprint density at radius 2 is 1.67 bits per heavy atom. The quantitative estimate of drug-likeness (QED) is 0.381. The molecule has 0 unspecified atom stereocenters. The summed E-state index contributed by atoms with van der Waals surface area (Å²) in [7, 11) is -1.97. The number of carbonyl (C=O) groups is 2. The van der Waals surface area contributed by atoms with Crippen molar-refractivity contribution in [2.24, 2.45) is 0 Å². The van der Waals surface area contributed by atoms with Crippen LogP contribution in [0.5, 0.6) is 0 Å². The van der Waals surface area contributed by atoms with Gasteiger partial charge in [0.1, 0.15) is 6.33 Å². The first-order valence-corrected chi connectivity index (χ1v) is 13.5. The molecule has 3 aromatic rings. The standard InChI is InChI=1S/C27H30N4O4S/c1-30(24-13-15-25(16-14-24)36(34,35)29-23-6-4-2-3-5-7-23)26(32)17-10-21-8-11-22(12-9-21)27(33)31-19-18-28-20-31/h8-20,23,29H,2-7H2,1H3/b17-10+. The number of likely N-dealkylation sites (N-methyl/N-ethyl adjacent to an activating group) is 1. The maximum absolute atomic E-state index is 12.8. The molecule has 8 nitrogen and oxygen atoms in total. The lowest BCUT2D eigenvalue weighted by molar-refractivity contribution is -0.113. The van der Waals surface area contributed by atoms with E-state index in [1.165, 1.54) is 34.0 Å². The van der Waals surface area contributed by atoms with Crippen LogP contribution in [0.4, 0.5) is 5.69 Å². The monoisotopic (exact) mass is 506 g/mol. The minimum absolute atomic E-state index is 0.0235. The second-order valence-electron chi connectivity index (χ2n) is 8.93. The molecule has 2 aromatic carbocycles. The average molecular weight is 507 g/mol. The Balaban J connectivity index is 1.36. The number of sulfonamides is 1. The molecule has 0 radical (unpaired) electrons. The number of rotatable bonds is 7. The highest BCUT2D eigenvalue weighted by Crippen LogP contribution is 2.21. The number of aromatic nitrogens is 2. The highest BCUT2D eigenvalue weighted by Gasteiger charge is 2.21. The van der Waals surface area contributed by atoms with Crippen LogP contribution in [0, 0.1) is 0 Å². The van der Waals surface area contributed by atoms with E-state index in [0.717, 1.165) is 44.1 Å². The molecule has 1 N–H and O–H groups in total. The van der Waals surface area contributed by atoms with Crippen molar-refractivity contribution < 1.29 is 18.0 Å². The van der Waals surface area contributed by atoms with Crippen LogP contribution in [0.2, 0.25) is 0 Å². The SMILES string of the molecule is CN(C(=O)/C=C/c1ccc(C(=O)n2ccnc2)cc1)c1ccc(S(=O)(=O)NC2CCCCCC2)cc1. The van der Waals surface area contributed by atoms with E-state index in [9.17, 15) is 18.0 Å². The highest BCUT2D eigenvalue weighted by atomic mass is 32.2. The molecular weight excluding hydrogens is 476 g/mol. The van der Waals surface area contributed by atoms with E-state index in [4.69, 9.17) is 0 Å². The summed E-state index contributed by atoms with van der Waals surface area (Å²) < 4.78 is 29.8. The van der Waals surface area contributed by atoms with Crippen LogP contribution in [0.1, 0.15) is 54.4 Å². The third kappa shape index (κ3) is 6.35. The Kier molecular flexibility index (Phi) is 8.12. The molecular formula is C27H30N4O4S. The number of benzene rings is 2. The van der Waals surface area contributed by atoms with Gasteiger partial charge in [0.2, 0.25) is 10.0 Å². The number of hydrogen-bond donors (Lipinski definition) is 1. The lowest BCUT2D eigenvalue weighted by Gasteiger charge is -2.18. The van der Waals surface area contributed by atoms with E-state index in [0.29, 0.717) is 11.3 Å². The fraction of sp³-hybridized carbons (Fsp3) is 0.296. The zero-order chi connectivity index (χ0) is 25.5. The van der Waals surface area contributed by atoms with Crippen molar-refractivity contribution in [3.63, 3.8) is 0 Å². The second-order valence-corrected chi connectivity index (χ2v) is 10.6. The van der Waals surface area contributed by atoms with Gasteiger partial charge >= 0.3 is 0 Å². The van der Waals surface area contributed by atoms with Gasteiger partial charge in [-0.15, -0.1) is 0 Å². The van der Waals surface area contributed by atoms with E-state index < -0.39 is 10.0 Å². The molecule has 1 fully saturated rings. The van der Waals surface area contributed by atoms with Crippen molar-refractivity contribution in [2.75, 3.05) is 11.9 Å². The van der Waals surface area contributed by atoms with Gasteiger partial charge in [0, 0.05) is 42.8 Å². The fourth-order valence-corrected chi connectivity index (χ4v) is 5.51. The molecule has 1 aliphatic carbocycles. The first-order chi connectivity index (χ1) is 17.3. The lowest BCUT2D eigenvalue weighted by Crippen LogP contribution is -2.34. The summed E-state index contributed by atoms with van der Waals surface area (Å²) in [5, 5.41) is 0. The highest BCUT2D eigenvalue weighted by molar-refractivity contribution is 7.89. The molecule has 1 aliphatic rings. The molecule has 1 saturated carbocycles. The summed E-state index contributed by atoms with van der Waals surface area (Å²) in [6.45, 7) is 0. The topological polar surface area (TPSA) is 101 Å². The fourth-order valence-electron chi connectivity index (χ4n) is 4.21. The number of nitrogens with one attached hydrogen (secondary N) is 1. The molecule has 0 aliphatic heterocycles. The molecule has 1 aromatic heterocycles. The predicted octanol–water partition coefficient (Wildman–Crippen LogP) is 4.25. The zero-order valence-electron chi connectivity index (χ0n) is 20.2. The van der Waals surface area contributed by atoms with Gasteiger partial charge in [-0.05, 0) is 60.9 Å². The molecule has 0 saturated heterocycles. The lowest BCUT2D eigenvalue weighted by atomic mass is 10.1. The molecule has 0 spiro atoms. The van der Waals surface area contributed by atoms with Gasteiger partial charge in [0.25, 0.3) is 11.8 Å². The molecule has 0 atom stereocenters. The summed E-state index contributed by atoms with van der Waals surface area (Å²) in [6.07, 6.45) is 13.8. The van der Waals surface area contributed by atoms with Crippen molar-refractivity contribution in [3.05, 3.63) is 84.5 Å². The van der Waals surface area contributed by atoms with Gasteiger partial charge in [-0.2, -0.15) is 0 Å². The Morgan fingerprint density at radius 1 is 1.00 bits per heavy atom. The zero-order valence-corrected chi connectivity index (χ0v) is 21.0. The first kappa shape index (κ1) is 25.5. The Bertz CT molecular complexity index is 1310. The normalized spacial score (nSPS) is 15.0. The van der Waals surface area contributed by atoms with Gasteiger partial charge in [-0.3, -0.25) is 14.2 Å². The predicted molar refractivity (Wildman–Crippen MR) is 139 cm³/mol. The van der Waals surface area contributed by atoms with E-state index in [-0.39, 0.29) is 22.8 Å². The summed E-state index contributed by atoms with van der Waals surface area (Å²) in [6, 6.07) is 13.2. The molecule has 1 amide bonds. The summed E-state index contributed by atoms with van der Waals surface area (Å²) >= 11 is 0. The Morgan fingerprint density at radius 3 is 2.28 bits per heavy atom. The smallest absolute Gasteiger partial charge is 0.263 e. The minimum atomic E-state index is -3.61. The molecule has 4 rings (SSSR count). The summed E-state index contributed by atoms with van der Waals surface area (Å²) in [5.74, 6) is -0.450. The minimum Gasteiger partial charge on any atom is -0.312 e. The second kappa shape index (κ2) is 11.5. The number of anilines is 1. The molecule has 9 heteroatoms. The van der Waals surface area contributed by atoms with Crippen LogP contribution < -0.4 is 9.62 Å². The van der Waals surface area contributed by atoms with Crippen molar-refractivity contribution in [3.8, 4) is 0 Å². The third-order valence-electron chi connectivity index (χ3n) is 6.36. The van der Waals surface area contributed by atoms with Crippen molar-refractivity contribution in [1.82, 2.24) is 14.3 Å². The van der Waals surface area contributed by atoms with E-state index in [2.05, 4.69) is 9.71 Å². The van der Waals surface area contributed by atoms with Crippen molar-refractivity contribution in [1.29, 1.82) is 0 Å². The van der Waals surface area contributed by atoms with Crippen LogP contribution >= 0.6 is 0 Å². The Labute approximate surface area is 211 Å².